The number of fused-ring (bicyclic) bond motifs is 4. The van der Waals surface area contributed by atoms with Gasteiger partial charge in [0.05, 0.1) is 5.39 Å². The number of hydrogen-bond acceptors (Lipinski definition) is 2. The molecule has 0 saturated heterocycles. The summed E-state index contributed by atoms with van der Waals surface area (Å²) in [5, 5.41) is 2.54. The molecule has 2 aromatic heterocycles. The molecule has 3 aromatic carbocycles. The van der Waals surface area contributed by atoms with Crippen molar-refractivity contribution in [1.82, 2.24) is 4.57 Å². The van der Waals surface area contributed by atoms with Gasteiger partial charge in [0.15, 0.2) is 5.43 Å². The Morgan fingerprint density at radius 3 is 2.56 bits per heavy atom. The zero-order valence-corrected chi connectivity index (χ0v) is 14.7. The molecule has 0 spiro atoms. The zero-order chi connectivity index (χ0) is 18.5. The van der Waals surface area contributed by atoms with Crippen LogP contribution in [0.2, 0.25) is 0 Å². The molecule has 0 N–H and O–H groups in total. The first-order chi connectivity index (χ1) is 13.2. The number of aromatic nitrogens is 1. The predicted octanol–water partition coefficient (Wildman–Crippen LogP) is 5.73. The summed E-state index contributed by atoms with van der Waals surface area (Å²) in [6.07, 6.45) is 0. The summed E-state index contributed by atoms with van der Waals surface area (Å²) in [7, 11) is 0. The van der Waals surface area contributed by atoms with Gasteiger partial charge >= 0.3 is 0 Å². The second-order valence-corrected chi connectivity index (χ2v) is 6.61. The highest BCUT2D eigenvalue weighted by atomic mass is 19.1. The molecule has 132 valence electrons. The van der Waals surface area contributed by atoms with E-state index in [0.717, 1.165) is 23.0 Å². The van der Waals surface area contributed by atoms with Crippen molar-refractivity contribution in [3.63, 3.8) is 0 Å². The molecule has 0 atom stereocenters. The van der Waals surface area contributed by atoms with E-state index >= 15 is 0 Å². The van der Waals surface area contributed by atoms with Crippen molar-refractivity contribution in [2.24, 2.45) is 0 Å². The van der Waals surface area contributed by atoms with E-state index in [4.69, 9.17) is 4.42 Å². The predicted molar refractivity (Wildman–Crippen MR) is 107 cm³/mol. The van der Waals surface area contributed by atoms with Crippen LogP contribution in [-0.4, -0.2) is 4.57 Å². The van der Waals surface area contributed by atoms with Gasteiger partial charge in [0.2, 0.25) is 0 Å². The van der Waals surface area contributed by atoms with E-state index in [9.17, 15) is 9.18 Å². The van der Waals surface area contributed by atoms with Crippen LogP contribution in [0.3, 0.4) is 0 Å². The normalized spacial score (nSPS) is 11.6. The molecule has 0 bridgehead atoms. The highest BCUT2D eigenvalue weighted by Gasteiger charge is 2.13. The molecule has 3 nitrogen and oxygen atoms in total. The van der Waals surface area contributed by atoms with Crippen molar-refractivity contribution in [2.75, 3.05) is 0 Å². The maximum Gasteiger partial charge on any atom is 0.193 e. The number of halogens is 1. The van der Waals surface area contributed by atoms with Gasteiger partial charge in [-0.3, -0.25) is 4.79 Å². The number of benzene rings is 3. The van der Waals surface area contributed by atoms with Crippen LogP contribution in [0.25, 0.3) is 44.1 Å². The average molecular weight is 357 g/mol. The zero-order valence-electron chi connectivity index (χ0n) is 14.7. The lowest BCUT2D eigenvalue weighted by atomic mass is 10.1. The molecule has 5 rings (SSSR count). The lowest BCUT2D eigenvalue weighted by Crippen LogP contribution is -2.00. The van der Waals surface area contributed by atoms with Gasteiger partial charge in [0.1, 0.15) is 17.2 Å². The smallest absolute Gasteiger partial charge is 0.193 e. The fourth-order valence-corrected chi connectivity index (χ4v) is 3.82. The summed E-state index contributed by atoms with van der Waals surface area (Å²) < 4.78 is 21.6. The molecule has 2 heterocycles. The fraction of sp³-hybridized carbons (Fsp3) is 0.0870. The summed E-state index contributed by atoms with van der Waals surface area (Å²) in [5.41, 5.74) is 3.29. The third kappa shape index (κ3) is 2.37. The third-order valence-electron chi connectivity index (χ3n) is 5.06. The van der Waals surface area contributed by atoms with E-state index in [0.29, 0.717) is 11.3 Å². The molecule has 0 saturated carbocycles. The molecule has 0 fully saturated rings. The SMILES string of the molecule is CCn1c2ccccc2c2cc(-c3cc(=O)c4cc(F)ccc4o3)ccc21. The Bertz CT molecular complexity index is 1390. The Morgan fingerprint density at radius 2 is 1.70 bits per heavy atom. The van der Waals surface area contributed by atoms with Gasteiger partial charge in [-0.2, -0.15) is 0 Å². The minimum atomic E-state index is -0.448. The first kappa shape index (κ1) is 15.8. The molecular formula is C23H16FNO2. The van der Waals surface area contributed by atoms with Crippen molar-refractivity contribution in [3.8, 4) is 11.3 Å². The molecule has 0 aliphatic heterocycles. The van der Waals surface area contributed by atoms with E-state index in [1.54, 1.807) is 0 Å². The van der Waals surface area contributed by atoms with Gasteiger partial charge < -0.3 is 8.98 Å². The van der Waals surface area contributed by atoms with Gasteiger partial charge in [0, 0.05) is 40.0 Å². The van der Waals surface area contributed by atoms with Gasteiger partial charge in [-0.05, 0) is 49.4 Å². The molecule has 27 heavy (non-hydrogen) atoms. The fourth-order valence-electron chi connectivity index (χ4n) is 3.82. The van der Waals surface area contributed by atoms with Crippen molar-refractivity contribution in [3.05, 3.63) is 82.8 Å². The lowest BCUT2D eigenvalue weighted by Gasteiger charge is -2.05. The minimum absolute atomic E-state index is 0.248. The van der Waals surface area contributed by atoms with Crippen molar-refractivity contribution >= 4 is 32.8 Å². The Balaban J connectivity index is 1.79. The lowest BCUT2D eigenvalue weighted by molar-refractivity contribution is 0.608. The molecule has 0 aliphatic carbocycles. The number of rotatable bonds is 2. The molecular weight excluding hydrogens is 341 g/mol. The summed E-state index contributed by atoms with van der Waals surface area (Å²) >= 11 is 0. The van der Waals surface area contributed by atoms with Gasteiger partial charge in [-0.15, -0.1) is 0 Å². The number of nitrogens with zero attached hydrogens (tertiary/aromatic N) is 1. The molecule has 0 radical (unpaired) electrons. The van der Waals surface area contributed by atoms with Gasteiger partial charge in [0.25, 0.3) is 0 Å². The van der Waals surface area contributed by atoms with E-state index in [1.807, 2.05) is 18.2 Å². The molecule has 5 aromatic rings. The van der Waals surface area contributed by atoms with Crippen LogP contribution in [0.1, 0.15) is 6.92 Å². The molecule has 4 heteroatoms. The standard InChI is InChI=1S/C23H16FNO2/c1-2-25-19-6-4-3-5-16(19)17-11-14(7-9-20(17)25)23-13-21(26)18-12-15(24)8-10-22(18)27-23/h3-13H,2H2,1H3. The van der Waals surface area contributed by atoms with Crippen LogP contribution in [0.5, 0.6) is 0 Å². The highest BCUT2D eigenvalue weighted by molar-refractivity contribution is 6.09. The van der Waals surface area contributed by atoms with Gasteiger partial charge in [-0.25, -0.2) is 4.39 Å². The maximum atomic E-state index is 13.4. The number of aryl methyl sites for hydroxylation is 1. The number of para-hydroxylation sites is 1. The molecule has 0 unspecified atom stereocenters. The van der Waals surface area contributed by atoms with Gasteiger partial charge in [-0.1, -0.05) is 18.2 Å². The van der Waals surface area contributed by atoms with E-state index in [1.165, 1.54) is 35.2 Å². The first-order valence-corrected chi connectivity index (χ1v) is 8.90. The minimum Gasteiger partial charge on any atom is -0.456 e. The molecule has 0 amide bonds. The Labute approximate surface area is 154 Å². The largest absolute Gasteiger partial charge is 0.456 e. The summed E-state index contributed by atoms with van der Waals surface area (Å²) in [6, 6.07) is 19.8. The van der Waals surface area contributed by atoms with Crippen LogP contribution in [0.4, 0.5) is 4.39 Å². The van der Waals surface area contributed by atoms with Crippen LogP contribution in [0, 0.1) is 5.82 Å². The van der Waals surface area contributed by atoms with Crippen molar-refractivity contribution < 1.29 is 8.81 Å². The summed E-state index contributed by atoms with van der Waals surface area (Å²) in [5.74, 6) is 0.0330. The quantitative estimate of drug-likeness (QED) is 0.405. The van der Waals surface area contributed by atoms with Crippen LogP contribution >= 0.6 is 0 Å². The first-order valence-electron chi connectivity index (χ1n) is 8.90. The number of hydrogen-bond donors (Lipinski definition) is 0. The second-order valence-electron chi connectivity index (χ2n) is 6.61. The van der Waals surface area contributed by atoms with Crippen LogP contribution in [-0.2, 0) is 6.54 Å². The average Bonchev–Trinajstić information content (AvgIpc) is 3.01. The Morgan fingerprint density at radius 1 is 0.889 bits per heavy atom. The Hall–Kier alpha value is -3.40. The topological polar surface area (TPSA) is 35.1 Å². The van der Waals surface area contributed by atoms with E-state index < -0.39 is 5.82 Å². The summed E-state index contributed by atoms with van der Waals surface area (Å²) in [4.78, 5) is 12.4. The van der Waals surface area contributed by atoms with Crippen LogP contribution < -0.4 is 5.43 Å². The van der Waals surface area contributed by atoms with E-state index in [2.05, 4.69) is 35.8 Å². The van der Waals surface area contributed by atoms with Crippen LogP contribution in [0.15, 0.2) is 75.9 Å². The second kappa shape index (κ2) is 5.81. The third-order valence-corrected chi connectivity index (χ3v) is 5.06. The van der Waals surface area contributed by atoms with Crippen molar-refractivity contribution in [2.45, 2.75) is 13.5 Å². The maximum absolute atomic E-state index is 13.4. The monoisotopic (exact) mass is 357 g/mol. The summed E-state index contributed by atoms with van der Waals surface area (Å²) in [6.45, 7) is 3.00. The molecule has 0 aliphatic rings. The van der Waals surface area contributed by atoms with E-state index in [-0.39, 0.29) is 10.8 Å². The van der Waals surface area contributed by atoms with Crippen molar-refractivity contribution in [1.29, 1.82) is 0 Å². The Kier molecular flexibility index (Phi) is 3.41. The highest BCUT2D eigenvalue weighted by Crippen LogP contribution is 2.33.